The number of pyridine rings is 1. The number of rotatable bonds is 6. The van der Waals surface area contributed by atoms with Gasteiger partial charge in [0.25, 0.3) is 0 Å². The predicted molar refractivity (Wildman–Crippen MR) is 87.2 cm³/mol. The second-order valence-corrected chi connectivity index (χ2v) is 5.39. The number of hydrogen-bond acceptors (Lipinski definition) is 4. The van der Waals surface area contributed by atoms with Crippen LogP contribution in [-0.2, 0) is 11.3 Å². The summed E-state index contributed by atoms with van der Waals surface area (Å²) in [6.45, 7) is 0.563. The van der Waals surface area contributed by atoms with Gasteiger partial charge in [0.1, 0.15) is 0 Å². The van der Waals surface area contributed by atoms with E-state index in [-0.39, 0.29) is 23.4 Å². The third kappa shape index (κ3) is 4.91. The largest absolute Gasteiger partial charge is 0.494 e. The highest BCUT2D eigenvalue weighted by molar-refractivity contribution is 6.32. The Hall–Kier alpha value is -2.18. The van der Waals surface area contributed by atoms with Gasteiger partial charge in [-0.3, -0.25) is 9.69 Å². The minimum absolute atomic E-state index is 0.138. The minimum Gasteiger partial charge on any atom is -0.494 e. The van der Waals surface area contributed by atoms with Crippen LogP contribution in [0.3, 0.4) is 0 Å². The van der Waals surface area contributed by atoms with Crippen molar-refractivity contribution in [1.82, 2.24) is 9.88 Å². The lowest BCUT2D eigenvalue weighted by atomic mass is 10.2. The molecular weight excluding hydrogens is 321 g/mol. The van der Waals surface area contributed by atoms with Crippen molar-refractivity contribution in [3.8, 4) is 5.75 Å². The maximum atomic E-state index is 13.7. The second kappa shape index (κ2) is 7.89. The quantitative estimate of drug-likeness (QED) is 0.823. The number of nitrogens with zero attached hydrogens (tertiary/aromatic N) is 2. The van der Waals surface area contributed by atoms with Crippen molar-refractivity contribution < 1.29 is 13.9 Å². The highest BCUT2D eigenvalue weighted by Gasteiger charge is 2.11. The number of ether oxygens (including phenoxy) is 1. The fraction of sp³-hybridized carbons (Fsp3) is 0.250. The fourth-order valence-corrected chi connectivity index (χ4v) is 2.26. The van der Waals surface area contributed by atoms with Crippen molar-refractivity contribution in [2.75, 3.05) is 26.0 Å². The first-order valence-corrected chi connectivity index (χ1v) is 7.28. The monoisotopic (exact) mass is 337 g/mol. The van der Waals surface area contributed by atoms with Crippen LogP contribution in [0.1, 0.15) is 5.56 Å². The van der Waals surface area contributed by atoms with Gasteiger partial charge in [0, 0.05) is 12.7 Å². The molecule has 1 amide bonds. The summed E-state index contributed by atoms with van der Waals surface area (Å²) in [4.78, 5) is 17.7. The van der Waals surface area contributed by atoms with Crippen molar-refractivity contribution >= 4 is 23.2 Å². The van der Waals surface area contributed by atoms with Crippen LogP contribution in [0.15, 0.2) is 36.5 Å². The molecule has 0 aliphatic carbocycles. The molecule has 1 heterocycles. The molecular formula is C16H17ClFN3O2. The molecule has 2 aromatic rings. The molecule has 0 aliphatic heterocycles. The number of methoxy groups -OCH3 is 1. The first kappa shape index (κ1) is 17.2. The summed E-state index contributed by atoms with van der Waals surface area (Å²) < 4.78 is 18.5. The van der Waals surface area contributed by atoms with Crippen molar-refractivity contribution in [1.29, 1.82) is 0 Å². The molecule has 0 atom stereocenters. The van der Waals surface area contributed by atoms with E-state index in [1.807, 2.05) is 0 Å². The molecule has 0 aliphatic rings. The molecule has 1 N–H and O–H groups in total. The normalized spacial score (nSPS) is 10.7. The molecule has 0 radical (unpaired) electrons. The maximum absolute atomic E-state index is 13.7. The highest BCUT2D eigenvalue weighted by atomic mass is 35.5. The minimum atomic E-state index is -0.426. The van der Waals surface area contributed by atoms with Crippen molar-refractivity contribution in [3.05, 3.63) is 53.1 Å². The topological polar surface area (TPSA) is 54.5 Å². The first-order chi connectivity index (χ1) is 11.0. The van der Waals surface area contributed by atoms with Crippen LogP contribution >= 0.6 is 11.6 Å². The van der Waals surface area contributed by atoms with E-state index in [1.54, 1.807) is 42.4 Å². The molecule has 2 rings (SSSR count). The Balaban J connectivity index is 1.91. The summed E-state index contributed by atoms with van der Waals surface area (Å²) in [7, 11) is 3.19. The number of amides is 1. The zero-order chi connectivity index (χ0) is 16.8. The number of nitrogens with one attached hydrogen (secondary N) is 1. The smallest absolute Gasteiger partial charge is 0.238 e. The van der Waals surface area contributed by atoms with E-state index in [0.717, 1.165) is 5.56 Å². The Labute approximate surface area is 139 Å². The van der Waals surface area contributed by atoms with Gasteiger partial charge in [-0.25, -0.2) is 9.37 Å². The number of carbonyl (C=O) groups is 1. The Bertz CT molecular complexity index is 697. The van der Waals surface area contributed by atoms with Gasteiger partial charge in [-0.2, -0.15) is 0 Å². The summed E-state index contributed by atoms with van der Waals surface area (Å²) in [6.07, 6.45) is 1.54. The Morgan fingerprint density at radius 2 is 2.22 bits per heavy atom. The summed E-state index contributed by atoms with van der Waals surface area (Å²) in [6, 6.07) is 8.07. The summed E-state index contributed by atoms with van der Waals surface area (Å²) in [5, 5.41) is 2.92. The van der Waals surface area contributed by atoms with Crippen molar-refractivity contribution in [2.24, 2.45) is 0 Å². The van der Waals surface area contributed by atoms with Crippen LogP contribution in [-0.4, -0.2) is 36.5 Å². The molecule has 0 unspecified atom stereocenters. The molecule has 0 spiro atoms. The molecule has 122 valence electrons. The standard InChI is InChI=1S/C16H17ClFN3O2/c1-21(9-11-5-6-14(23-2)12(18)8-11)10-15(22)20-13-4-3-7-19-16(13)17/h3-8H,9-10H2,1-2H3,(H,20,22). The van der Waals surface area contributed by atoms with Crippen molar-refractivity contribution in [2.45, 2.75) is 6.54 Å². The Kier molecular flexibility index (Phi) is 5.90. The average Bonchev–Trinajstić information content (AvgIpc) is 2.49. The summed E-state index contributed by atoms with van der Waals surface area (Å²) in [5.74, 6) is -0.457. The first-order valence-electron chi connectivity index (χ1n) is 6.91. The van der Waals surface area contributed by atoms with Gasteiger partial charge in [-0.1, -0.05) is 17.7 Å². The number of anilines is 1. The third-order valence-electron chi connectivity index (χ3n) is 3.12. The van der Waals surface area contributed by atoms with E-state index in [9.17, 15) is 9.18 Å². The molecule has 0 bridgehead atoms. The SMILES string of the molecule is COc1ccc(CN(C)CC(=O)Nc2cccnc2Cl)cc1F. The van der Waals surface area contributed by atoms with E-state index >= 15 is 0 Å². The molecule has 0 saturated carbocycles. The van der Waals surface area contributed by atoms with E-state index < -0.39 is 5.82 Å². The molecule has 1 aromatic heterocycles. The van der Waals surface area contributed by atoms with E-state index in [4.69, 9.17) is 16.3 Å². The van der Waals surface area contributed by atoms with Crippen LogP contribution in [0.4, 0.5) is 10.1 Å². The van der Waals surface area contributed by atoms with Crippen molar-refractivity contribution in [3.63, 3.8) is 0 Å². The summed E-state index contributed by atoms with van der Waals surface area (Å²) in [5.41, 5.74) is 1.21. The summed E-state index contributed by atoms with van der Waals surface area (Å²) >= 11 is 5.89. The molecule has 7 heteroatoms. The highest BCUT2D eigenvalue weighted by Crippen LogP contribution is 2.19. The van der Waals surface area contributed by atoms with E-state index in [0.29, 0.717) is 12.2 Å². The van der Waals surface area contributed by atoms with Crippen LogP contribution in [0, 0.1) is 5.82 Å². The van der Waals surface area contributed by atoms with Gasteiger partial charge >= 0.3 is 0 Å². The van der Waals surface area contributed by atoms with Crippen LogP contribution in [0.5, 0.6) is 5.75 Å². The number of benzene rings is 1. The zero-order valence-electron chi connectivity index (χ0n) is 12.8. The van der Waals surface area contributed by atoms with E-state index in [1.165, 1.54) is 13.2 Å². The number of likely N-dealkylation sites (N-methyl/N-ethyl adjacent to an activating group) is 1. The molecule has 1 aromatic carbocycles. The van der Waals surface area contributed by atoms with Gasteiger partial charge < -0.3 is 10.1 Å². The lowest BCUT2D eigenvalue weighted by Crippen LogP contribution is -2.30. The van der Waals surface area contributed by atoms with Gasteiger partial charge in [0.05, 0.1) is 19.3 Å². The second-order valence-electron chi connectivity index (χ2n) is 5.03. The lowest BCUT2D eigenvalue weighted by Gasteiger charge is -2.17. The van der Waals surface area contributed by atoms with E-state index in [2.05, 4.69) is 10.3 Å². The maximum Gasteiger partial charge on any atom is 0.238 e. The van der Waals surface area contributed by atoms with Crippen LogP contribution < -0.4 is 10.1 Å². The lowest BCUT2D eigenvalue weighted by molar-refractivity contribution is -0.117. The van der Waals surface area contributed by atoms with Crippen LogP contribution in [0.2, 0.25) is 5.15 Å². The predicted octanol–water partition coefficient (Wildman–Crippen LogP) is 2.95. The van der Waals surface area contributed by atoms with Gasteiger partial charge in [0.2, 0.25) is 5.91 Å². The van der Waals surface area contributed by atoms with Crippen LogP contribution in [0.25, 0.3) is 0 Å². The number of hydrogen-bond donors (Lipinski definition) is 1. The number of halogens is 2. The molecule has 0 saturated heterocycles. The Morgan fingerprint density at radius 3 is 2.87 bits per heavy atom. The Morgan fingerprint density at radius 1 is 1.43 bits per heavy atom. The molecule has 0 fully saturated rings. The van der Waals surface area contributed by atoms with Gasteiger partial charge in [-0.05, 0) is 36.9 Å². The fourth-order valence-electron chi connectivity index (χ4n) is 2.09. The third-order valence-corrected chi connectivity index (χ3v) is 3.42. The zero-order valence-corrected chi connectivity index (χ0v) is 13.6. The number of aromatic nitrogens is 1. The van der Waals surface area contributed by atoms with Gasteiger partial charge in [-0.15, -0.1) is 0 Å². The molecule has 23 heavy (non-hydrogen) atoms. The molecule has 5 nitrogen and oxygen atoms in total. The average molecular weight is 338 g/mol. The van der Waals surface area contributed by atoms with Gasteiger partial charge in [0.15, 0.2) is 16.7 Å². The number of carbonyl (C=O) groups excluding carboxylic acids is 1.